The van der Waals surface area contributed by atoms with Crippen molar-refractivity contribution in [3.63, 3.8) is 0 Å². The Hall–Kier alpha value is -2.62. The summed E-state index contributed by atoms with van der Waals surface area (Å²) in [7, 11) is 0. The van der Waals surface area contributed by atoms with Gasteiger partial charge in [-0.25, -0.2) is 4.79 Å². The van der Waals surface area contributed by atoms with Crippen molar-refractivity contribution in [3.05, 3.63) is 71.3 Å². The number of amidine groups is 1. The molecule has 2 aromatic carbocycles. The highest BCUT2D eigenvalue weighted by Crippen LogP contribution is 2.07. The first-order valence-electron chi connectivity index (χ1n) is 6.84. The van der Waals surface area contributed by atoms with E-state index in [4.69, 9.17) is 10.1 Å². The smallest absolute Gasteiger partial charge is 0.338 e. The zero-order chi connectivity index (χ0) is 15.1. The van der Waals surface area contributed by atoms with Crippen LogP contribution in [0.4, 0.5) is 0 Å². The molecule has 4 nitrogen and oxygen atoms in total. The lowest BCUT2D eigenvalue weighted by atomic mass is 10.1. The van der Waals surface area contributed by atoms with Crippen molar-refractivity contribution in [3.8, 4) is 0 Å². The van der Waals surface area contributed by atoms with Crippen molar-refractivity contribution >= 4 is 11.8 Å². The fourth-order valence-corrected chi connectivity index (χ4v) is 1.88. The number of nitrogens with one attached hydrogen (secondary N) is 2. The van der Waals surface area contributed by atoms with Crippen LogP contribution in [0.3, 0.4) is 0 Å². The van der Waals surface area contributed by atoms with Crippen LogP contribution in [0.1, 0.15) is 28.4 Å². The van der Waals surface area contributed by atoms with Crippen LogP contribution in [0.25, 0.3) is 0 Å². The van der Waals surface area contributed by atoms with Gasteiger partial charge in [0.2, 0.25) is 0 Å². The zero-order valence-corrected chi connectivity index (χ0v) is 11.9. The Bertz CT molecular complexity index is 606. The van der Waals surface area contributed by atoms with Gasteiger partial charge < -0.3 is 10.1 Å². The van der Waals surface area contributed by atoms with Crippen molar-refractivity contribution < 1.29 is 9.53 Å². The third-order valence-corrected chi connectivity index (χ3v) is 3.00. The second-order valence-corrected chi connectivity index (χ2v) is 4.51. The van der Waals surface area contributed by atoms with Gasteiger partial charge in [0, 0.05) is 12.1 Å². The molecule has 0 aliphatic heterocycles. The molecule has 2 N–H and O–H groups in total. The van der Waals surface area contributed by atoms with Gasteiger partial charge in [-0.15, -0.1) is 0 Å². The molecule has 0 radical (unpaired) electrons. The topological polar surface area (TPSA) is 62.2 Å². The summed E-state index contributed by atoms with van der Waals surface area (Å²) in [6, 6.07) is 16.7. The van der Waals surface area contributed by atoms with Crippen LogP contribution >= 0.6 is 0 Å². The summed E-state index contributed by atoms with van der Waals surface area (Å²) in [5.74, 6) is -0.0120. The number of carbonyl (C=O) groups excluding carboxylic acids is 1. The molecule has 0 heterocycles. The lowest BCUT2D eigenvalue weighted by Crippen LogP contribution is -2.22. The quantitative estimate of drug-likeness (QED) is 0.503. The lowest BCUT2D eigenvalue weighted by molar-refractivity contribution is 0.0526. The van der Waals surface area contributed by atoms with E-state index in [0.717, 1.165) is 11.1 Å². The Morgan fingerprint density at radius 2 is 1.67 bits per heavy atom. The minimum absolute atomic E-state index is 0.328. The molecule has 21 heavy (non-hydrogen) atoms. The second kappa shape index (κ2) is 7.24. The molecular weight excluding hydrogens is 264 g/mol. The van der Waals surface area contributed by atoms with E-state index in [0.29, 0.717) is 24.6 Å². The normalized spacial score (nSPS) is 9.95. The van der Waals surface area contributed by atoms with Crippen LogP contribution in [0.15, 0.2) is 54.6 Å². The SMILES string of the molecule is CCOC(=O)c1ccc(C(=N)NCc2ccccc2)cc1. The number of carbonyl (C=O) groups is 1. The summed E-state index contributed by atoms with van der Waals surface area (Å²) in [4.78, 5) is 11.5. The van der Waals surface area contributed by atoms with Crippen LogP contribution in [0.5, 0.6) is 0 Å². The van der Waals surface area contributed by atoms with E-state index in [2.05, 4.69) is 5.32 Å². The number of ether oxygens (including phenoxy) is 1. The van der Waals surface area contributed by atoms with E-state index in [9.17, 15) is 4.79 Å². The van der Waals surface area contributed by atoms with Crippen LogP contribution < -0.4 is 5.32 Å². The Balaban J connectivity index is 1.95. The monoisotopic (exact) mass is 282 g/mol. The van der Waals surface area contributed by atoms with Gasteiger partial charge in [0.15, 0.2) is 0 Å². The molecule has 0 aliphatic carbocycles. The highest BCUT2D eigenvalue weighted by Gasteiger charge is 2.07. The molecule has 0 aromatic heterocycles. The predicted molar refractivity (Wildman–Crippen MR) is 82.5 cm³/mol. The van der Waals surface area contributed by atoms with E-state index in [1.54, 1.807) is 31.2 Å². The molecule has 0 spiro atoms. The highest BCUT2D eigenvalue weighted by molar-refractivity contribution is 5.97. The van der Waals surface area contributed by atoms with E-state index in [1.165, 1.54) is 0 Å². The molecule has 0 fully saturated rings. The molecule has 2 aromatic rings. The van der Waals surface area contributed by atoms with Gasteiger partial charge in [0.05, 0.1) is 12.2 Å². The largest absolute Gasteiger partial charge is 0.462 e. The van der Waals surface area contributed by atoms with Gasteiger partial charge in [-0.3, -0.25) is 5.41 Å². The lowest BCUT2D eigenvalue weighted by Gasteiger charge is -2.09. The Morgan fingerprint density at radius 3 is 2.29 bits per heavy atom. The van der Waals surface area contributed by atoms with Crippen LogP contribution in [0, 0.1) is 5.41 Å². The van der Waals surface area contributed by atoms with E-state index in [1.807, 2.05) is 30.3 Å². The van der Waals surface area contributed by atoms with Crippen molar-refractivity contribution in [1.82, 2.24) is 5.32 Å². The van der Waals surface area contributed by atoms with Gasteiger partial charge in [-0.05, 0) is 24.6 Å². The molecule has 0 amide bonds. The summed E-state index contributed by atoms with van der Waals surface area (Å²) in [6.07, 6.45) is 0. The number of hydrogen-bond acceptors (Lipinski definition) is 3. The molecule has 0 aliphatic rings. The van der Waals surface area contributed by atoms with Crippen LogP contribution in [0.2, 0.25) is 0 Å². The Morgan fingerprint density at radius 1 is 1.05 bits per heavy atom. The first kappa shape index (κ1) is 14.8. The maximum absolute atomic E-state index is 11.5. The number of benzene rings is 2. The molecule has 0 atom stereocenters. The number of esters is 1. The molecule has 0 saturated heterocycles. The summed E-state index contributed by atoms with van der Waals surface area (Å²) in [5.41, 5.74) is 2.35. The summed E-state index contributed by atoms with van der Waals surface area (Å²) >= 11 is 0. The number of rotatable bonds is 5. The Kier molecular flexibility index (Phi) is 5.10. The van der Waals surface area contributed by atoms with Crippen molar-refractivity contribution in [2.24, 2.45) is 0 Å². The van der Waals surface area contributed by atoms with Gasteiger partial charge >= 0.3 is 5.97 Å². The number of hydrogen-bond donors (Lipinski definition) is 2. The summed E-state index contributed by atoms with van der Waals surface area (Å²) < 4.78 is 4.93. The average Bonchev–Trinajstić information content (AvgIpc) is 2.54. The average molecular weight is 282 g/mol. The molecule has 0 bridgehead atoms. The fraction of sp³-hybridized carbons (Fsp3) is 0.176. The third-order valence-electron chi connectivity index (χ3n) is 3.00. The first-order chi connectivity index (χ1) is 10.2. The minimum Gasteiger partial charge on any atom is -0.462 e. The van der Waals surface area contributed by atoms with Gasteiger partial charge in [-0.2, -0.15) is 0 Å². The van der Waals surface area contributed by atoms with Crippen LogP contribution in [-0.2, 0) is 11.3 Å². The fourth-order valence-electron chi connectivity index (χ4n) is 1.88. The van der Waals surface area contributed by atoms with Gasteiger partial charge in [0.1, 0.15) is 5.84 Å². The standard InChI is InChI=1S/C17H18N2O2/c1-2-21-17(20)15-10-8-14(9-11-15)16(18)19-12-13-6-4-3-5-7-13/h3-11H,2,12H2,1H3,(H2,18,19). The van der Waals surface area contributed by atoms with E-state index in [-0.39, 0.29) is 5.97 Å². The first-order valence-corrected chi connectivity index (χ1v) is 6.84. The Labute approximate surface area is 124 Å². The van der Waals surface area contributed by atoms with E-state index >= 15 is 0 Å². The predicted octanol–water partition coefficient (Wildman–Crippen LogP) is 2.98. The molecular formula is C17H18N2O2. The van der Waals surface area contributed by atoms with Gasteiger partial charge in [-0.1, -0.05) is 42.5 Å². The van der Waals surface area contributed by atoms with Gasteiger partial charge in [0.25, 0.3) is 0 Å². The minimum atomic E-state index is -0.340. The molecule has 108 valence electrons. The highest BCUT2D eigenvalue weighted by atomic mass is 16.5. The molecule has 4 heteroatoms. The third kappa shape index (κ3) is 4.18. The maximum Gasteiger partial charge on any atom is 0.338 e. The molecule has 0 saturated carbocycles. The summed E-state index contributed by atoms with van der Waals surface area (Å²) in [5, 5.41) is 11.1. The summed E-state index contributed by atoms with van der Waals surface area (Å²) in [6.45, 7) is 2.73. The zero-order valence-electron chi connectivity index (χ0n) is 11.9. The maximum atomic E-state index is 11.5. The second-order valence-electron chi connectivity index (χ2n) is 4.51. The molecule has 0 unspecified atom stereocenters. The van der Waals surface area contributed by atoms with Crippen molar-refractivity contribution in [2.45, 2.75) is 13.5 Å². The van der Waals surface area contributed by atoms with E-state index < -0.39 is 0 Å². The van der Waals surface area contributed by atoms with Crippen molar-refractivity contribution in [2.75, 3.05) is 6.61 Å². The van der Waals surface area contributed by atoms with Crippen molar-refractivity contribution in [1.29, 1.82) is 5.41 Å². The molecule has 2 rings (SSSR count). The van der Waals surface area contributed by atoms with Crippen LogP contribution in [-0.4, -0.2) is 18.4 Å².